The molecule has 0 aliphatic rings. The van der Waals surface area contributed by atoms with Crippen molar-refractivity contribution in [3.05, 3.63) is 52.6 Å². The molecule has 3 aromatic rings. The quantitative estimate of drug-likeness (QED) is 0.696. The van der Waals surface area contributed by atoms with Gasteiger partial charge in [-0.05, 0) is 40.2 Å². The molecule has 0 fully saturated rings. The molecule has 0 aliphatic heterocycles. The highest BCUT2D eigenvalue weighted by Gasteiger charge is 2.07. The smallest absolute Gasteiger partial charge is 0.150 e. The molecule has 2 heterocycles. The van der Waals surface area contributed by atoms with Gasteiger partial charge in [0.05, 0.1) is 5.69 Å². The third kappa shape index (κ3) is 2.13. The molecule has 0 saturated heterocycles. The zero-order valence-corrected chi connectivity index (χ0v) is 12.1. The Balaban J connectivity index is 2.23. The van der Waals surface area contributed by atoms with E-state index in [2.05, 4.69) is 31.8 Å². The molecule has 0 unspecified atom stereocenters. The summed E-state index contributed by atoms with van der Waals surface area (Å²) >= 11 is 3.45. The second-order valence-electron chi connectivity index (χ2n) is 4.31. The lowest BCUT2D eigenvalue weighted by atomic mass is 10.1. The SMILES string of the molecule is C#Cc1cccc(-c2ccc3c(Br)cnc(N)c3n2)c1. The molecule has 4 heteroatoms. The van der Waals surface area contributed by atoms with Gasteiger partial charge < -0.3 is 5.73 Å². The number of nitrogens with zero attached hydrogens (tertiary/aromatic N) is 2. The second kappa shape index (κ2) is 4.95. The predicted octanol–water partition coefficient (Wildman–Crippen LogP) is 3.62. The average molecular weight is 324 g/mol. The summed E-state index contributed by atoms with van der Waals surface area (Å²) in [6, 6.07) is 11.6. The highest BCUT2D eigenvalue weighted by Crippen LogP contribution is 2.28. The number of pyridine rings is 2. The Morgan fingerprint density at radius 3 is 2.85 bits per heavy atom. The van der Waals surface area contributed by atoms with E-state index in [4.69, 9.17) is 12.2 Å². The summed E-state index contributed by atoms with van der Waals surface area (Å²) in [6.45, 7) is 0. The Bertz CT molecular complexity index is 850. The maximum absolute atomic E-state index is 5.90. The predicted molar refractivity (Wildman–Crippen MR) is 85.0 cm³/mol. The van der Waals surface area contributed by atoms with Crippen molar-refractivity contribution < 1.29 is 0 Å². The molecule has 0 spiro atoms. The molecule has 2 aromatic heterocycles. The van der Waals surface area contributed by atoms with Gasteiger partial charge in [-0.2, -0.15) is 0 Å². The minimum Gasteiger partial charge on any atom is -0.382 e. The van der Waals surface area contributed by atoms with Crippen LogP contribution in [0.25, 0.3) is 22.2 Å². The van der Waals surface area contributed by atoms with Gasteiger partial charge >= 0.3 is 0 Å². The fourth-order valence-corrected chi connectivity index (χ4v) is 2.46. The summed E-state index contributed by atoms with van der Waals surface area (Å²) in [7, 11) is 0. The molecule has 3 rings (SSSR count). The Kier molecular flexibility index (Phi) is 3.13. The number of halogens is 1. The third-order valence-corrected chi connectivity index (χ3v) is 3.67. The van der Waals surface area contributed by atoms with Crippen LogP contribution >= 0.6 is 15.9 Å². The van der Waals surface area contributed by atoms with Crippen LogP contribution in [0, 0.1) is 12.3 Å². The molecule has 0 aliphatic carbocycles. The molecule has 20 heavy (non-hydrogen) atoms. The lowest BCUT2D eigenvalue weighted by Crippen LogP contribution is -1.95. The van der Waals surface area contributed by atoms with E-state index in [0.29, 0.717) is 11.3 Å². The molecule has 96 valence electrons. The number of hydrogen-bond acceptors (Lipinski definition) is 3. The van der Waals surface area contributed by atoms with Gasteiger partial charge in [0.15, 0.2) is 0 Å². The van der Waals surface area contributed by atoms with Crippen LogP contribution in [-0.2, 0) is 0 Å². The molecule has 0 atom stereocenters. The monoisotopic (exact) mass is 323 g/mol. The van der Waals surface area contributed by atoms with Crippen molar-refractivity contribution >= 4 is 32.7 Å². The van der Waals surface area contributed by atoms with E-state index in [1.165, 1.54) is 0 Å². The number of rotatable bonds is 1. The number of aromatic nitrogens is 2. The van der Waals surface area contributed by atoms with Gasteiger partial charge in [0.2, 0.25) is 0 Å². The largest absolute Gasteiger partial charge is 0.382 e. The van der Waals surface area contributed by atoms with Crippen molar-refractivity contribution in [2.45, 2.75) is 0 Å². The maximum Gasteiger partial charge on any atom is 0.150 e. The van der Waals surface area contributed by atoms with E-state index in [9.17, 15) is 0 Å². The fraction of sp³-hybridized carbons (Fsp3) is 0. The van der Waals surface area contributed by atoms with E-state index in [1.54, 1.807) is 6.20 Å². The standard InChI is InChI=1S/C16H10BrN3/c1-2-10-4-3-5-11(8-10)14-7-6-12-13(17)9-19-16(18)15(12)20-14/h1,3-9H,(H2,18,19). The Morgan fingerprint density at radius 2 is 2.05 bits per heavy atom. The average Bonchev–Trinajstić information content (AvgIpc) is 2.51. The zero-order valence-electron chi connectivity index (χ0n) is 10.5. The van der Waals surface area contributed by atoms with Crippen LogP contribution in [0.5, 0.6) is 0 Å². The summed E-state index contributed by atoms with van der Waals surface area (Å²) in [4.78, 5) is 8.71. The Morgan fingerprint density at radius 1 is 1.20 bits per heavy atom. The Hall–Kier alpha value is -2.38. The van der Waals surface area contributed by atoms with Gasteiger partial charge in [-0.1, -0.05) is 18.1 Å². The molecule has 0 saturated carbocycles. The number of anilines is 1. The van der Waals surface area contributed by atoms with E-state index >= 15 is 0 Å². The molecule has 3 nitrogen and oxygen atoms in total. The van der Waals surface area contributed by atoms with Gasteiger partial charge in [0, 0.05) is 27.2 Å². The number of nitrogen functional groups attached to an aromatic ring is 1. The minimum absolute atomic E-state index is 0.415. The van der Waals surface area contributed by atoms with Crippen molar-refractivity contribution in [3.63, 3.8) is 0 Å². The van der Waals surface area contributed by atoms with E-state index < -0.39 is 0 Å². The first-order chi connectivity index (χ1) is 9.69. The van der Waals surface area contributed by atoms with Crippen LogP contribution < -0.4 is 5.73 Å². The fourth-order valence-electron chi connectivity index (χ4n) is 2.03. The summed E-state index contributed by atoms with van der Waals surface area (Å²) in [5.41, 5.74) is 9.19. The third-order valence-electron chi connectivity index (χ3n) is 3.04. The van der Waals surface area contributed by atoms with Crippen molar-refractivity contribution in [3.8, 4) is 23.6 Å². The number of fused-ring (bicyclic) bond motifs is 1. The molecular formula is C16H10BrN3. The minimum atomic E-state index is 0.415. The zero-order chi connectivity index (χ0) is 14.1. The summed E-state index contributed by atoms with van der Waals surface area (Å²) < 4.78 is 0.873. The normalized spacial score (nSPS) is 10.4. The van der Waals surface area contributed by atoms with Gasteiger partial charge in [0.25, 0.3) is 0 Å². The Labute approximate surface area is 125 Å². The summed E-state index contributed by atoms with van der Waals surface area (Å²) in [6.07, 6.45) is 7.10. The molecular weight excluding hydrogens is 314 g/mol. The number of benzene rings is 1. The highest BCUT2D eigenvalue weighted by atomic mass is 79.9. The second-order valence-corrected chi connectivity index (χ2v) is 5.16. The van der Waals surface area contributed by atoms with Crippen molar-refractivity contribution in [1.82, 2.24) is 9.97 Å². The van der Waals surface area contributed by atoms with Gasteiger partial charge in [-0.25, -0.2) is 9.97 Å². The van der Waals surface area contributed by atoms with E-state index in [0.717, 1.165) is 26.7 Å². The topological polar surface area (TPSA) is 51.8 Å². The van der Waals surface area contributed by atoms with Crippen molar-refractivity contribution in [2.75, 3.05) is 5.73 Å². The molecule has 1 aromatic carbocycles. The van der Waals surface area contributed by atoms with E-state index in [-0.39, 0.29) is 0 Å². The van der Waals surface area contributed by atoms with Crippen molar-refractivity contribution in [2.24, 2.45) is 0 Å². The van der Waals surface area contributed by atoms with Crippen LogP contribution in [-0.4, -0.2) is 9.97 Å². The molecule has 0 amide bonds. The number of nitrogens with two attached hydrogens (primary N) is 1. The van der Waals surface area contributed by atoms with Gasteiger partial charge in [0.1, 0.15) is 11.3 Å². The number of terminal acetylenes is 1. The van der Waals surface area contributed by atoms with Crippen LogP contribution in [0.1, 0.15) is 5.56 Å². The highest BCUT2D eigenvalue weighted by molar-refractivity contribution is 9.10. The first-order valence-corrected chi connectivity index (χ1v) is 6.76. The maximum atomic E-state index is 5.90. The lowest BCUT2D eigenvalue weighted by Gasteiger charge is -2.06. The van der Waals surface area contributed by atoms with Gasteiger partial charge in [-0.3, -0.25) is 0 Å². The van der Waals surface area contributed by atoms with E-state index in [1.807, 2.05) is 36.4 Å². The summed E-state index contributed by atoms with van der Waals surface area (Å²) in [5.74, 6) is 3.04. The summed E-state index contributed by atoms with van der Waals surface area (Å²) in [5, 5.41) is 0.939. The lowest BCUT2D eigenvalue weighted by molar-refractivity contribution is 1.30. The molecule has 0 radical (unpaired) electrons. The molecule has 2 N–H and O–H groups in total. The van der Waals surface area contributed by atoms with Crippen LogP contribution in [0.15, 0.2) is 47.1 Å². The number of hydrogen-bond donors (Lipinski definition) is 1. The molecule has 0 bridgehead atoms. The van der Waals surface area contributed by atoms with Gasteiger partial charge in [-0.15, -0.1) is 6.42 Å². The first kappa shape index (κ1) is 12.6. The first-order valence-electron chi connectivity index (χ1n) is 5.97. The van der Waals surface area contributed by atoms with Crippen LogP contribution in [0.2, 0.25) is 0 Å². The van der Waals surface area contributed by atoms with Crippen molar-refractivity contribution in [1.29, 1.82) is 0 Å². The van der Waals surface area contributed by atoms with Crippen LogP contribution in [0.3, 0.4) is 0 Å². The van der Waals surface area contributed by atoms with Crippen LogP contribution in [0.4, 0.5) is 5.82 Å².